The summed E-state index contributed by atoms with van der Waals surface area (Å²) < 4.78 is 22.4. The van der Waals surface area contributed by atoms with Crippen molar-refractivity contribution in [2.24, 2.45) is 0 Å². The van der Waals surface area contributed by atoms with Crippen LogP contribution in [0.1, 0.15) is 168 Å². The summed E-state index contributed by atoms with van der Waals surface area (Å²) in [4.78, 5) is 26.4. The molecule has 0 bridgehead atoms. The second-order valence-electron chi connectivity index (χ2n) is 13.5. The van der Waals surface area contributed by atoms with Gasteiger partial charge in [0.2, 0.25) is 0 Å². The third kappa shape index (κ3) is 6.77. The van der Waals surface area contributed by atoms with Crippen molar-refractivity contribution in [1.82, 2.24) is 9.88 Å². The average Bonchev–Trinajstić information content (AvgIpc) is 3.28. The summed E-state index contributed by atoms with van der Waals surface area (Å²) in [6.07, 6.45) is 13.7. The third-order valence-electron chi connectivity index (χ3n) is 10.1. The van der Waals surface area contributed by atoms with Gasteiger partial charge in [-0.3, -0.25) is 9.59 Å². The van der Waals surface area contributed by atoms with Crippen molar-refractivity contribution in [2.75, 3.05) is 0 Å². The van der Waals surface area contributed by atoms with Crippen molar-refractivity contribution < 1.29 is 23.8 Å². The highest BCUT2D eigenvalue weighted by Gasteiger charge is 2.38. The monoisotopic (exact) mass is 558 g/mol. The van der Waals surface area contributed by atoms with Crippen LogP contribution in [-0.4, -0.2) is 46.0 Å². The highest BCUT2D eigenvalue weighted by atomic mass is 19.1. The predicted molar refractivity (Wildman–Crippen MR) is 155 cm³/mol. The molecule has 6 nitrogen and oxygen atoms in total. The summed E-state index contributed by atoms with van der Waals surface area (Å²) in [5, 5.41) is 13.7. The smallest absolute Gasteiger partial charge is 0.308 e. The first kappa shape index (κ1) is 29.6. The minimum Gasteiger partial charge on any atom is -0.462 e. The molecule has 4 fully saturated rings. The Hall–Kier alpha value is -1.89. The number of carbonyl (C=O) groups is 2. The number of rotatable bonds is 8. The Morgan fingerprint density at radius 1 is 0.975 bits per heavy atom. The highest BCUT2D eigenvalue weighted by molar-refractivity contribution is 5.98. The molecule has 7 heteroatoms. The zero-order valence-electron chi connectivity index (χ0n) is 24.8. The molecule has 3 saturated carbocycles. The number of carbonyl (C=O) groups excluding carboxylic acids is 2. The molecule has 0 radical (unpaired) electrons. The number of ether oxygens (including phenoxy) is 1. The van der Waals surface area contributed by atoms with E-state index in [4.69, 9.17) is 4.74 Å². The normalized spacial score (nSPS) is 29.0. The molecule has 1 unspecified atom stereocenters. The zero-order chi connectivity index (χ0) is 28.2. The standard InChI is InChI=1S/C33H51FN2O4/c1-21(2)31-30(33(39)35-25-11-7-4-8-12-25)29(22-9-5-3-6-10-22)32(23-13-15-24(34)16-14-23)36(31)18-17-27-19-26(37)20-28(38)40-27/h21-27,37H,3-20H2,1-2H3,(H,35,39)/t23?,24?,26-,27?/m0/s1. The van der Waals surface area contributed by atoms with Crippen molar-refractivity contribution in [1.29, 1.82) is 0 Å². The Kier molecular flexibility index (Phi) is 9.91. The fraction of sp³-hybridized carbons (Fsp3) is 0.818. The van der Waals surface area contributed by atoms with Crippen LogP contribution >= 0.6 is 0 Å². The van der Waals surface area contributed by atoms with Crippen LogP contribution in [0.15, 0.2) is 0 Å². The fourth-order valence-corrected chi connectivity index (χ4v) is 8.14. The van der Waals surface area contributed by atoms with E-state index < -0.39 is 12.3 Å². The van der Waals surface area contributed by atoms with Gasteiger partial charge in [-0.05, 0) is 74.7 Å². The lowest BCUT2D eigenvalue weighted by Gasteiger charge is -2.31. The molecular formula is C33H51FN2O4. The number of aliphatic hydroxyl groups is 1. The van der Waals surface area contributed by atoms with E-state index in [2.05, 4.69) is 23.7 Å². The van der Waals surface area contributed by atoms with Crippen LogP contribution in [0.3, 0.4) is 0 Å². The molecule has 3 aliphatic carbocycles. The van der Waals surface area contributed by atoms with Gasteiger partial charge in [0.15, 0.2) is 0 Å². The van der Waals surface area contributed by atoms with Gasteiger partial charge in [0, 0.05) is 36.8 Å². The molecule has 2 N–H and O–H groups in total. The van der Waals surface area contributed by atoms with Gasteiger partial charge in [-0.25, -0.2) is 4.39 Å². The molecule has 1 aromatic heterocycles. The second-order valence-corrected chi connectivity index (χ2v) is 13.5. The number of amides is 1. The van der Waals surface area contributed by atoms with Crippen LogP contribution in [-0.2, 0) is 16.1 Å². The van der Waals surface area contributed by atoms with E-state index in [-0.39, 0.29) is 42.3 Å². The summed E-state index contributed by atoms with van der Waals surface area (Å²) in [7, 11) is 0. The van der Waals surface area contributed by atoms with Crippen LogP contribution < -0.4 is 5.32 Å². The fourth-order valence-electron chi connectivity index (χ4n) is 8.14. The molecule has 0 spiro atoms. The molecule has 1 aromatic rings. The Morgan fingerprint density at radius 2 is 1.62 bits per heavy atom. The first-order valence-electron chi connectivity index (χ1n) is 16.4. The first-order valence-corrected chi connectivity index (χ1v) is 16.4. The van der Waals surface area contributed by atoms with Crippen LogP contribution in [0.2, 0.25) is 0 Å². The summed E-state index contributed by atoms with van der Waals surface area (Å²) >= 11 is 0. The van der Waals surface area contributed by atoms with Gasteiger partial charge in [-0.2, -0.15) is 0 Å². The quantitative estimate of drug-likeness (QED) is 0.331. The molecule has 4 aliphatic rings. The van der Waals surface area contributed by atoms with Crippen LogP contribution in [0.5, 0.6) is 0 Å². The van der Waals surface area contributed by atoms with Crippen molar-refractivity contribution in [3.8, 4) is 0 Å². The number of hydrogen-bond acceptors (Lipinski definition) is 4. The highest BCUT2D eigenvalue weighted by Crippen LogP contribution is 2.47. The third-order valence-corrected chi connectivity index (χ3v) is 10.1. The molecule has 1 aliphatic heterocycles. The van der Waals surface area contributed by atoms with Crippen LogP contribution in [0.4, 0.5) is 4.39 Å². The lowest BCUT2D eigenvalue weighted by atomic mass is 9.77. The van der Waals surface area contributed by atoms with Crippen molar-refractivity contribution in [3.05, 3.63) is 22.5 Å². The summed E-state index contributed by atoms with van der Waals surface area (Å²) in [5.41, 5.74) is 4.50. The summed E-state index contributed by atoms with van der Waals surface area (Å²) in [6.45, 7) is 5.00. The Balaban J connectivity index is 1.58. The van der Waals surface area contributed by atoms with E-state index in [9.17, 15) is 19.1 Å². The number of nitrogens with one attached hydrogen (secondary N) is 1. The maximum Gasteiger partial charge on any atom is 0.308 e. The Bertz CT molecular complexity index is 1020. The molecule has 1 saturated heterocycles. The molecule has 1 amide bonds. The largest absolute Gasteiger partial charge is 0.462 e. The van der Waals surface area contributed by atoms with E-state index in [1.165, 1.54) is 49.8 Å². The number of cyclic esters (lactones) is 1. The van der Waals surface area contributed by atoms with Gasteiger partial charge in [-0.15, -0.1) is 0 Å². The lowest BCUT2D eigenvalue weighted by molar-refractivity contribution is -0.160. The van der Waals surface area contributed by atoms with E-state index in [0.29, 0.717) is 38.1 Å². The number of esters is 1. The van der Waals surface area contributed by atoms with Gasteiger partial charge >= 0.3 is 5.97 Å². The first-order chi connectivity index (χ1) is 19.3. The van der Waals surface area contributed by atoms with E-state index >= 15 is 0 Å². The van der Waals surface area contributed by atoms with Crippen LogP contribution in [0, 0.1) is 0 Å². The van der Waals surface area contributed by atoms with Gasteiger partial charge in [-0.1, -0.05) is 52.4 Å². The maximum absolute atomic E-state index is 14.4. The van der Waals surface area contributed by atoms with Crippen molar-refractivity contribution in [2.45, 2.75) is 172 Å². The Labute approximate surface area is 239 Å². The maximum atomic E-state index is 14.4. The molecule has 40 heavy (non-hydrogen) atoms. The average molecular weight is 559 g/mol. The second kappa shape index (κ2) is 13.4. The number of halogens is 1. The molecule has 0 aromatic carbocycles. The van der Waals surface area contributed by atoms with E-state index in [1.54, 1.807) is 0 Å². The molecule has 2 heterocycles. The number of aromatic nitrogens is 1. The van der Waals surface area contributed by atoms with Crippen LogP contribution in [0.25, 0.3) is 0 Å². The molecule has 5 rings (SSSR count). The van der Waals surface area contributed by atoms with E-state index in [0.717, 1.165) is 49.8 Å². The topological polar surface area (TPSA) is 80.6 Å². The molecular weight excluding hydrogens is 507 g/mol. The number of alkyl halides is 1. The summed E-state index contributed by atoms with van der Waals surface area (Å²) in [6, 6.07) is 0.234. The minimum absolute atomic E-state index is 0.0618. The van der Waals surface area contributed by atoms with Crippen molar-refractivity contribution in [3.63, 3.8) is 0 Å². The molecule has 224 valence electrons. The Morgan fingerprint density at radius 3 is 2.25 bits per heavy atom. The van der Waals surface area contributed by atoms with E-state index in [1.807, 2.05) is 0 Å². The zero-order valence-corrected chi connectivity index (χ0v) is 24.8. The lowest BCUT2D eigenvalue weighted by Crippen LogP contribution is -2.37. The predicted octanol–water partition coefficient (Wildman–Crippen LogP) is 7.17. The minimum atomic E-state index is -0.737. The number of aliphatic hydroxyl groups excluding tert-OH is 1. The molecule has 2 atom stereocenters. The summed E-state index contributed by atoms with van der Waals surface area (Å²) in [5.74, 6) is 0.469. The number of nitrogens with zero attached hydrogens (tertiary/aromatic N) is 1. The number of hydrogen-bond donors (Lipinski definition) is 2. The van der Waals surface area contributed by atoms with Gasteiger partial charge in [0.05, 0.1) is 18.1 Å². The van der Waals surface area contributed by atoms with Crippen molar-refractivity contribution >= 4 is 11.9 Å². The van der Waals surface area contributed by atoms with Gasteiger partial charge in [0.1, 0.15) is 12.3 Å². The van der Waals surface area contributed by atoms with Gasteiger partial charge < -0.3 is 19.7 Å². The van der Waals surface area contributed by atoms with Gasteiger partial charge in [0.25, 0.3) is 5.91 Å². The SMILES string of the molecule is CC(C)c1c(C(=O)NC2CCCCC2)c(C2CCCCC2)c(C2CCC(F)CC2)n1CCC1C[C@H](O)CC(=O)O1.